The van der Waals surface area contributed by atoms with E-state index in [0.29, 0.717) is 24.5 Å². The monoisotopic (exact) mass is 308 g/mol. The smallest absolute Gasteiger partial charge is 0.163 e. The number of nitrogens with one attached hydrogen (secondary N) is 1. The highest BCUT2D eigenvalue weighted by Crippen LogP contribution is 2.32. The fourth-order valence-corrected chi connectivity index (χ4v) is 3.49. The second-order valence-corrected chi connectivity index (χ2v) is 6.53. The number of rotatable bonds is 5. The molecule has 2 atom stereocenters. The van der Waals surface area contributed by atoms with Gasteiger partial charge in [0.25, 0.3) is 0 Å². The summed E-state index contributed by atoms with van der Waals surface area (Å²) in [5, 5.41) is 4.96. The number of hydrogen-bond donors (Lipinski definition) is 1. The van der Waals surface area contributed by atoms with Crippen LogP contribution in [0.5, 0.6) is 11.5 Å². The molecule has 0 aromatic heterocycles. The third-order valence-electron chi connectivity index (χ3n) is 3.12. The number of ether oxygens (including phenoxy) is 2. The number of anilines is 1. The maximum absolute atomic E-state index is 5.65. The molecule has 1 aliphatic heterocycles. The lowest BCUT2D eigenvalue weighted by Crippen LogP contribution is -2.22. The Morgan fingerprint density at radius 2 is 1.90 bits per heavy atom. The minimum absolute atomic E-state index is 0.373. The van der Waals surface area contributed by atoms with Crippen LogP contribution in [0, 0.1) is 0 Å². The predicted molar refractivity (Wildman–Crippen MR) is 91.0 cm³/mol. The van der Waals surface area contributed by atoms with Crippen LogP contribution in [0.4, 0.5) is 5.69 Å². The van der Waals surface area contributed by atoms with Crippen molar-refractivity contribution >= 4 is 22.6 Å². The van der Waals surface area contributed by atoms with Gasteiger partial charge in [-0.25, -0.2) is 0 Å². The van der Waals surface area contributed by atoms with E-state index in [1.807, 2.05) is 32.0 Å². The maximum Gasteiger partial charge on any atom is 0.163 e. The Balaban J connectivity index is 2.14. The molecule has 116 valence electrons. The SMILES string of the molecule is CCOc1ccc(NC2=NC(C)CC(C)S2)cc1OCC. The minimum Gasteiger partial charge on any atom is -0.490 e. The van der Waals surface area contributed by atoms with Crippen LogP contribution >= 0.6 is 11.8 Å². The van der Waals surface area contributed by atoms with Gasteiger partial charge in [-0.2, -0.15) is 0 Å². The molecule has 2 rings (SSSR count). The zero-order chi connectivity index (χ0) is 15.2. The average Bonchev–Trinajstić information content (AvgIpc) is 2.41. The number of thioether (sulfide) groups is 1. The zero-order valence-electron chi connectivity index (χ0n) is 13.2. The Morgan fingerprint density at radius 3 is 2.57 bits per heavy atom. The van der Waals surface area contributed by atoms with Gasteiger partial charge in [-0.15, -0.1) is 0 Å². The van der Waals surface area contributed by atoms with E-state index >= 15 is 0 Å². The quantitative estimate of drug-likeness (QED) is 0.886. The molecule has 1 aromatic rings. The molecule has 21 heavy (non-hydrogen) atoms. The Labute approximate surface area is 131 Å². The van der Waals surface area contributed by atoms with Crippen LogP contribution in [-0.2, 0) is 0 Å². The summed E-state index contributed by atoms with van der Waals surface area (Å²) in [6.45, 7) is 9.58. The molecule has 0 saturated heterocycles. The second-order valence-electron chi connectivity index (χ2n) is 5.10. The molecule has 0 aliphatic carbocycles. The zero-order valence-corrected chi connectivity index (χ0v) is 14.0. The molecular formula is C16H24N2O2S. The first kappa shape index (κ1) is 16.0. The minimum atomic E-state index is 0.373. The normalized spacial score (nSPS) is 21.6. The molecule has 0 bridgehead atoms. The lowest BCUT2D eigenvalue weighted by molar-refractivity contribution is 0.288. The van der Waals surface area contributed by atoms with Crippen LogP contribution in [-0.4, -0.2) is 29.7 Å². The van der Waals surface area contributed by atoms with Gasteiger partial charge in [-0.3, -0.25) is 4.99 Å². The van der Waals surface area contributed by atoms with Crippen molar-refractivity contribution in [2.75, 3.05) is 18.5 Å². The first-order chi connectivity index (χ1) is 10.1. The lowest BCUT2D eigenvalue weighted by Gasteiger charge is -2.23. The second kappa shape index (κ2) is 7.59. The van der Waals surface area contributed by atoms with Gasteiger partial charge in [0.2, 0.25) is 0 Å². The molecule has 4 nitrogen and oxygen atoms in total. The summed E-state index contributed by atoms with van der Waals surface area (Å²) >= 11 is 1.79. The van der Waals surface area contributed by atoms with E-state index in [2.05, 4.69) is 24.2 Å². The largest absolute Gasteiger partial charge is 0.490 e. The first-order valence-electron chi connectivity index (χ1n) is 7.53. The summed E-state index contributed by atoms with van der Waals surface area (Å²) in [6.07, 6.45) is 1.13. The Bertz CT molecular complexity index is 505. The highest BCUT2D eigenvalue weighted by molar-refractivity contribution is 8.14. The van der Waals surface area contributed by atoms with Gasteiger partial charge in [-0.05, 0) is 39.3 Å². The fourth-order valence-electron chi connectivity index (χ4n) is 2.32. The van der Waals surface area contributed by atoms with E-state index in [0.717, 1.165) is 28.8 Å². The molecule has 0 fully saturated rings. The Kier molecular flexibility index (Phi) is 5.79. The van der Waals surface area contributed by atoms with Gasteiger partial charge < -0.3 is 14.8 Å². The molecule has 5 heteroatoms. The maximum atomic E-state index is 5.65. The number of hydrogen-bond acceptors (Lipinski definition) is 5. The first-order valence-corrected chi connectivity index (χ1v) is 8.41. The van der Waals surface area contributed by atoms with Crippen molar-refractivity contribution in [2.45, 2.75) is 45.4 Å². The van der Waals surface area contributed by atoms with Crippen molar-refractivity contribution < 1.29 is 9.47 Å². The summed E-state index contributed by atoms with van der Waals surface area (Å²) in [6, 6.07) is 6.29. The standard InChI is InChI=1S/C16H24N2O2S/c1-5-19-14-8-7-13(10-15(14)20-6-2)18-16-17-11(3)9-12(4)21-16/h7-8,10-12H,5-6,9H2,1-4H3,(H,17,18). The fraction of sp³-hybridized carbons (Fsp3) is 0.562. The molecule has 1 N–H and O–H groups in total. The van der Waals surface area contributed by atoms with Crippen LogP contribution < -0.4 is 14.8 Å². The van der Waals surface area contributed by atoms with Crippen molar-refractivity contribution in [2.24, 2.45) is 4.99 Å². The summed E-state index contributed by atoms with van der Waals surface area (Å²) in [5.41, 5.74) is 0.981. The molecule has 0 radical (unpaired) electrons. The molecule has 2 unspecified atom stereocenters. The third-order valence-corrected chi connectivity index (χ3v) is 4.14. The summed E-state index contributed by atoms with van der Waals surface area (Å²) in [5.74, 6) is 1.55. The topological polar surface area (TPSA) is 42.8 Å². The van der Waals surface area contributed by atoms with Gasteiger partial charge in [0, 0.05) is 17.0 Å². The summed E-state index contributed by atoms with van der Waals surface area (Å²) in [4.78, 5) is 4.66. The van der Waals surface area contributed by atoms with Crippen LogP contribution in [0.15, 0.2) is 23.2 Å². The van der Waals surface area contributed by atoms with Crippen molar-refractivity contribution in [3.05, 3.63) is 18.2 Å². The molecular weight excluding hydrogens is 284 g/mol. The van der Waals surface area contributed by atoms with Gasteiger partial charge in [0.05, 0.1) is 19.3 Å². The van der Waals surface area contributed by atoms with Crippen molar-refractivity contribution in [1.29, 1.82) is 0 Å². The molecule has 1 heterocycles. The van der Waals surface area contributed by atoms with Gasteiger partial charge >= 0.3 is 0 Å². The Hall–Kier alpha value is -1.36. The van der Waals surface area contributed by atoms with Crippen molar-refractivity contribution in [3.63, 3.8) is 0 Å². The molecule has 0 saturated carbocycles. The third kappa shape index (κ3) is 4.56. The number of amidine groups is 1. The molecule has 1 aromatic carbocycles. The van der Waals surface area contributed by atoms with Gasteiger partial charge in [0.1, 0.15) is 0 Å². The average molecular weight is 308 g/mol. The van der Waals surface area contributed by atoms with Crippen LogP contribution in [0.3, 0.4) is 0 Å². The highest BCUT2D eigenvalue weighted by atomic mass is 32.2. The van der Waals surface area contributed by atoms with E-state index in [9.17, 15) is 0 Å². The van der Waals surface area contributed by atoms with E-state index in [4.69, 9.17) is 9.47 Å². The number of aliphatic imine (C=N–C) groups is 1. The number of nitrogens with zero attached hydrogens (tertiary/aromatic N) is 1. The molecule has 0 amide bonds. The van der Waals surface area contributed by atoms with E-state index in [-0.39, 0.29) is 0 Å². The molecule has 0 spiro atoms. The van der Waals surface area contributed by atoms with Crippen LogP contribution in [0.2, 0.25) is 0 Å². The van der Waals surface area contributed by atoms with E-state index < -0.39 is 0 Å². The Morgan fingerprint density at radius 1 is 1.19 bits per heavy atom. The van der Waals surface area contributed by atoms with Gasteiger partial charge in [-0.1, -0.05) is 18.7 Å². The van der Waals surface area contributed by atoms with E-state index in [1.165, 1.54) is 0 Å². The summed E-state index contributed by atoms with van der Waals surface area (Å²) in [7, 11) is 0. The predicted octanol–water partition coefficient (Wildman–Crippen LogP) is 4.17. The van der Waals surface area contributed by atoms with Crippen LogP contribution in [0.25, 0.3) is 0 Å². The van der Waals surface area contributed by atoms with Crippen molar-refractivity contribution in [1.82, 2.24) is 0 Å². The lowest BCUT2D eigenvalue weighted by atomic mass is 10.2. The van der Waals surface area contributed by atoms with E-state index in [1.54, 1.807) is 11.8 Å². The summed E-state index contributed by atoms with van der Waals surface area (Å²) < 4.78 is 11.2. The van der Waals surface area contributed by atoms with Gasteiger partial charge in [0.15, 0.2) is 16.7 Å². The highest BCUT2D eigenvalue weighted by Gasteiger charge is 2.18. The molecule has 1 aliphatic rings. The van der Waals surface area contributed by atoms with Crippen molar-refractivity contribution in [3.8, 4) is 11.5 Å². The number of benzene rings is 1. The van der Waals surface area contributed by atoms with Crippen LogP contribution in [0.1, 0.15) is 34.1 Å².